The molecule has 1 atom stereocenters. The Morgan fingerprint density at radius 2 is 2.29 bits per heavy atom. The fourth-order valence-corrected chi connectivity index (χ4v) is 2.06. The average molecular weight is 213 g/mol. The summed E-state index contributed by atoms with van der Waals surface area (Å²) in [7, 11) is 0. The molecule has 0 radical (unpaired) electrons. The molecule has 0 saturated heterocycles. The fraction of sp³-hybridized carbons (Fsp3) is 0.636. The van der Waals surface area contributed by atoms with E-state index in [4.69, 9.17) is 0 Å². The normalized spacial score (nSPS) is 14.3. The second kappa shape index (κ2) is 4.91. The average Bonchev–Trinajstić information content (AvgIpc) is 2.52. The highest BCUT2D eigenvalue weighted by Crippen LogP contribution is 2.11. The van der Waals surface area contributed by atoms with E-state index in [0.717, 1.165) is 6.42 Å². The maximum atomic E-state index is 9.53. The van der Waals surface area contributed by atoms with Gasteiger partial charge in [0.05, 0.1) is 5.60 Å². The van der Waals surface area contributed by atoms with Gasteiger partial charge in [-0.1, -0.05) is 6.07 Å². The van der Waals surface area contributed by atoms with Gasteiger partial charge >= 0.3 is 0 Å². The van der Waals surface area contributed by atoms with Crippen molar-refractivity contribution >= 4 is 11.3 Å². The molecule has 3 heteroatoms. The molecule has 0 aliphatic carbocycles. The first-order valence-electron chi connectivity index (χ1n) is 4.95. The molecule has 2 nitrogen and oxygen atoms in total. The van der Waals surface area contributed by atoms with Crippen LogP contribution < -0.4 is 5.32 Å². The highest BCUT2D eigenvalue weighted by atomic mass is 32.1. The second-order valence-electron chi connectivity index (χ2n) is 4.38. The molecule has 0 saturated carbocycles. The van der Waals surface area contributed by atoms with Gasteiger partial charge in [-0.15, -0.1) is 11.3 Å². The lowest BCUT2D eigenvalue weighted by Gasteiger charge is -2.21. The van der Waals surface area contributed by atoms with Crippen molar-refractivity contribution in [2.45, 2.75) is 38.8 Å². The summed E-state index contributed by atoms with van der Waals surface area (Å²) in [6.45, 7) is 6.42. The van der Waals surface area contributed by atoms with E-state index in [2.05, 4.69) is 29.8 Å². The largest absolute Gasteiger partial charge is 0.389 e. The Balaban J connectivity index is 2.26. The standard InChI is InChI=1S/C11H19NOS/c1-9(12-8-11(2,3)13)7-10-5-4-6-14-10/h4-6,9,12-13H,7-8H2,1-3H3. The van der Waals surface area contributed by atoms with Gasteiger partial charge in [0.2, 0.25) is 0 Å². The lowest BCUT2D eigenvalue weighted by atomic mass is 10.1. The fourth-order valence-electron chi connectivity index (χ4n) is 1.23. The summed E-state index contributed by atoms with van der Waals surface area (Å²) in [6.07, 6.45) is 1.04. The summed E-state index contributed by atoms with van der Waals surface area (Å²) in [5.41, 5.74) is -0.621. The van der Waals surface area contributed by atoms with Crippen molar-refractivity contribution in [3.05, 3.63) is 22.4 Å². The molecule has 0 aliphatic heterocycles. The Hall–Kier alpha value is -0.380. The molecule has 1 unspecified atom stereocenters. The minimum absolute atomic E-state index is 0.417. The molecule has 0 fully saturated rings. The van der Waals surface area contributed by atoms with Gasteiger partial charge in [0.1, 0.15) is 0 Å². The van der Waals surface area contributed by atoms with Crippen molar-refractivity contribution < 1.29 is 5.11 Å². The Kier molecular flexibility index (Phi) is 4.11. The van der Waals surface area contributed by atoms with Crippen LogP contribution in [-0.2, 0) is 6.42 Å². The van der Waals surface area contributed by atoms with Crippen LogP contribution in [0.2, 0.25) is 0 Å². The van der Waals surface area contributed by atoms with E-state index in [1.54, 1.807) is 11.3 Å². The monoisotopic (exact) mass is 213 g/mol. The molecular weight excluding hydrogens is 194 g/mol. The summed E-state index contributed by atoms with van der Waals surface area (Å²) in [5.74, 6) is 0. The van der Waals surface area contributed by atoms with Crippen molar-refractivity contribution in [3.8, 4) is 0 Å². The predicted molar refractivity (Wildman–Crippen MR) is 61.8 cm³/mol. The summed E-state index contributed by atoms with van der Waals surface area (Å²) in [5, 5.41) is 14.9. The van der Waals surface area contributed by atoms with Crippen LogP contribution >= 0.6 is 11.3 Å². The quantitative estimate of drug-likeness (QED) is 0.784. The van der Waals surface area contributed by atoms with E-state index in [-0.39, 0.29) is 0 Å². The maximum absolute atomic E-state index is 9.53. The number of nitrogens with one attached hydrogen (secondary N) is 1. The van der Waals surface area contributed by atoms with Crippen LogP contribution in [0.3, 0.4) is 0 Å². The molecule has 0 bridgehead atoms. The molecule has 1 aromatic rings. The van der Waals surface area contributed by atoms with Gasteiger partial charge < -0.3 is 10.4 Å². The van der Waals surface area contributed by atoms with Gasteiger partial charge in [0, 0.05) is 17.5 Å². The van der Waals surface area contributed by atoms with Gasteiger partial charge in [-0.25, -0.2) is 0 Å². The minimum atomic E-state index is -0.621. The van der Waals surface area contributed by atoms with Crippen LogP contribution in [0.1, 0.15) is 25.6 Å². The first-order valence-corrected chi connectivity index (χ1v) is 5.83. The van der Waals surface area contributed by atoms with Crippen molar-refractivity contribution in [1.82, 2.24) is 5.32 Å². The van der Waals surface area contributed by atoms with Crippen LogP contribution in [0.5, 0.6) is 0 Å². The molecule has 0 amide bonds. The number of aliphatic hydroxyl groups is 1. The van der Waals surface area contributed by atoms with Crippen LogP contribution in [0.4, 0.5) is 0 Å². The first kappa shape index (κ1) is 11.7. The van der Waals surface area contributed by atoms with E-state index in [9.17, 15) is 5.11 Å². The predicted octanol–water partition coefficient (Wildman–Crippen LogP) is 2.04. The Bertz CT molecular complexity index is 251. The topological polar surface area (TPSA) is 32.3 Å². The van der Waals surface area contributed by atoms with Gasteiger partial charge in [-0.05, 0) is 38.6 Å². The van der Waals surface area contributed by atoms with E-state index in [1.807, 2.05) is 13.8 Å². The van der Waals surface area contributed by atoms with Gasteiger partial charge in [0.25, 0.3) is 0 Å². The first-order chi connectivity index (χ1) is 6.47. The molecule has 0 spiro atoms. The molecule has 1 aromatic heterocycles. The zero-order valence-electron chi connectivity index (χ0n) is 9.08. The van der Waals surface area contributed by atoms with Crippen LogP contribution in [0.15, 0.2) is 17.5 Å². The van der Waals surface area contributed by atoms with Gasteiger partial charge in [0.15, 0.2) is 0 Å². The van der Waals surface area contributed by atoms with Crippen LogP contribution in [-0.4, -0.2) is 23.3 Å². The SMILES string of the molecule is CC(Cc1cccs1)NCC(C)(C)O. The summed E-state index contributed by atoms with van der Waals surface area (Å²) < 4.78 is 0. The van der Waals surface area contributed by atoms with Crippen molar-refractivity contribution in [1.29, 1.82) is 0 Å². The smallest absolute Gasteiger partial charge is 0.0715 e. The lowest BCUT2D eigenvalue weighted by molar-refractivity contribution is 0.0770. The summed E-state index contributed by atoms with van der Waals surface area (Å²) in [4.78, 5) is 1.39. The maximum Gasteiger partial charge on any atom is 0.0715 e. The zero-order valence-corrected chi connectivity index (χ0v) is 9.90. The van der Waals surface area contributed by atoms with Crippen molar-refractivity contribution in [2.75, 3.05) is 6.54 Å². The molecule has 1 rings (SSSR count). The Labute approximate surface area is 90.0 Å². The Morgan fingerprint density at radius 3 is 2.79 bits per heavy atom. The third kappa shape index (κ3) is 4.74. The molecular formula is C11H19NOS. The van der Waals surface area contributed by atoms with Crippen LogP contribution in [0, 0.1) is 0 Å². The van der Waals surface area contributed by atoms with Crippen LogP contribution in [0.25, 0.3) is 0 Å². The molecule has 14 heavy (non-hydrogen) atoms. The molecule has 1 heterocycles. The van der Waals surface area contributed by atoms with Crippen molar-refractivity contribution in [2.24, 2.45) is 0 Å². The van der Waals surface area contributed by atoms with Gasteiger partial charge in [-0.3, -0.25) is 0 Å². The number of hydrogen-bond acceptors (Lipinski definition) is 3. The molecule has 80 valence electrons. The third-order valence-electron chi connectivity index (χ3n) is 1.97. The zero-order chi connectivity index (χ0) is 10.6. The lowest BCUT2D eigenvalue weighted by Crippen LogP contribution is -2.40. The highest BCUT2D eigenvalue weighted by Gasteiger charge is 2.13. The molecule has 0 aromatic carbocycles. The number of thiophene rings is 1. The summed E-state index contributed by atoms with van der Waals surface area (Å²) >= 11 is 1.78. The minimum Gasteiger partial charge on any atom is -0.389 e. The number of rotatable bonds is 5. The Morgan fingerprint density at radius 1 is 1.57 bits per heavy atom. The molecule has 0 aliphatic rings. The van der Waals surface area contributed by atoms with E-state index in [0.29, 0.717) is 12.6 Å². The second-order valence-corrected chi connectivity index (χ2v) is 5.41. The van der Waals surface area contributed by atoms with Gasteiger partial charge in [-0.2, -0.15) is 0 Å². The number of hydrogen-bond donors (Lipinski definition) is 2. The molecule has 2 N–H and O–H groups in total. The van der Waals surface area contributed by atoms with E-state index >= 15 is 0 Å². The third-order valence-corrected chi connectivity index (χ3v) is 2.87. The highest BCUT2D eigenvalue weighted by molar-refractivity contribution is 7.09. The van der Waals surface area contributed by atoms with E-state index in [1.165, 1.54) is 4.88 Å². The summed E-state index contributed by atoms with van der Waals surface area (Å²) in [6, 6.07) is 4.63. The van der Waals surface area contributed by atoms with Crippen molar-refractivity contribution in [3.63, 3.8) is 0 Å². The van der Waals surface area contributed by atoms with E-state index < -0.39 is 5.60 Å².